The van der Waals surface area contributed by atoms with Gasteiger partial charge in [-0.05, 0) is 43.2 Å². The minimum Gasteiger partial charge on any atom is -0.498 e. The summed E-state index contributed by atoms with van der Waals surface area (Å²) in [5, 5.41) is 3.39. The van der Waals surface area contributed by atoms with Crippen molar-refractivity contribution in [1.82, 2.24) is 0 Å². The van der Waals surface area contributed by atoms with Gasteiger partial charge in [-0.2, -0.15) is 0 Å². The number of rotatable bonds is 5. The van der Waals surface area contributed by atoms with Gasteiger partial charge in [-0.1, -0.05) is 36.9 Å². The maximum Gasteiger partial charge on any atom is 0.125 e. The molecule has 0 saturated heterocycles. The monoisotopic (exact) mass is 320 g/mol. The molecule has 0 amide bonds. The fourth-order valence-corrected chi connectivity index (χ4v) is 3.23. The van der Waals surface area contributed by atoms with Gasteiger partial charge in [0.2, 0.25) is 0 Å². The van der Waals surface area contributed by atoms with Crippen LogP contribution in [0, 0.1) is 6.92 Å². The van der Waals surface area contributed by atoms with Crippen molar-refractivity contribution in [2.24, 2.45) is 0 Å². The zero-order chi connectivity index (χ0) is 17.1. The molecule has 1 unspecified atom stereocenters. The first-order valence-electron chi connectivity index (χ1n) is 8.29. The molecule has 0 saturated carbocycles. The maximum absolute atomic E-state index is 5.64. The van der Waals surface area contributed by atoms with Gasteiger partial charge in [0.15, 0.2) is 0 Å². The lowest BCUT2D eigenvalue weighted by Gasteiger charge is -2.30. The zero-order valence-electron chi connectivity index (χ0n) is 14.5. The normalized spacial score (nSPS) is 17.0. The van der Waals surface area contributed by atoms with E-state index in [1.165, 1.54) is 16.8 Å². The number of nitrogens with zero attached hydrogens (tertiary/aromatic N) is 1. The molecule has 1 atom stereocenters. The van der Waals surface area contributed by atoms with E-state index < -0.39 is 0 Å². The Hall–Kier alpha value is -2.68. The van der Waals surface area contributed by atoms with Crippen molar-refractivity contribution < 1.29 is 4.74 Å². The summed E-state index contributed by atoms with van der Waals surface area (Å²) in [6.07, 6.45) is 2.02. The maximum atomic E-state index is 5.64. The molecule has 0 aliphatic carbocycles. The third-order valence-corrected chi connectivity index (χ3v) is 4.35. The predicted octanol–water partition coefficient (Wildman–Crippen LogP) is 5.03. The van der Waals surface area contributed by atoms with Crippen LogP contribution in [0.15, 0.2) is 72.6 Å². The van der Waals surface area contributed by atoms with Crippen molar-refractivity contribution in [1.29, 1.82) is 0 Å². The highest BCUT2D eigenvalue weighted by atomic mass is 16.5. The van der Waals surface area contributed by atoms with Crippen LogP contribution in [0.5, 0.6) is 0 Å². The number of methoxy groups -OCH3 is 1. The van der Waals surface area contributed by atoms with Crippen LogP contribution in [-0.4, -0.2) is 13.7 Å². The van der Waals surface area contributed by atoms with Crippen LogP contribution in [-0.2, 0) is 4.74 Å². The van der Waals surface area contributed by atoms with Gasteiger partial charge in [-0.15, -0.1) is 0 Å². The quantitative estimate of drug-likeness (QED) is 0.836. The first kappa shape index (κ1) is 16.2. The van der Waals surface area contributed by atoms with E-state index in [-0.39, 0.29) is 6.04 Å². The number of benzene rings is 2. The summed E-state index contributed by atoms with van der Waals surface area (Å²) in [6, 6.07) is 16.9. The van der Waals surface area contributed by atoms with Crippen molar-refractivity contribution in [3.63, 3.8) is 0 Å². The number of nitrogens with one attached hydrogen (secondary N) is 1. The summed E-state index contributed by atoms with van der Waals surface area (Å²) in [5.41, 5.74) is 5.65. The van der Waals surface area contributed by atoms with Gasteiger partial charge in [-0.3, -0.25) is 0 Å². The number of ether oxygens (including phenoxy) is 1. The Labute approximate surface area is 144 Å². The molecule has 2 aromatic carbocycles. The van der Waals surface area contributed by atoms with E-state index in [0.717, 1.165) is 23.7 Å². The average molecular weight is 320 g/mol. The number of allylic oxidation sites excluding steroid dienone is 1. The fraction of sp³-hybridized carbons (Fsp3) is 0.238. The largest absolute Gasteiger partial charge is 0.498 e. The summed E-state index contributed by atoms with van der Waals surface area (Å²) in [4.78, 5) is 2.23. The van der Waals surface area contributed by atoms with Gasteiger partial charge in [0.1, 0.15) is 11.8 Å². The standard InChI is InChI=1S/C21H24N2O/c1-5-22-19-12-11-18(13-15(19)2)23-16(3)14-20(24-4)21(23)17-9-7-6-8-10-17/h6-14,21-22H,3,5H2,1-2,4H3. The molecular weight excluding hydrogens is 296 g/mol. The molecular formula is C21H24N2O. The minimum atomic E-state index is 0.0214. The van der Waals surface area contributed by atoms with Crippen LogP contribution in [0.3, 0.4) is 0 Å². The smallest absolute Gasteiger partial charge is 0.125 e. The first-order chi connectivity index (χ1) is 11.7. The second kappa shape index (κ2) is 6.83. The molecule has 2 aromatic rings. The average Bonchev–Trinajstić information content (AvgIpc) is 2.94. The van der Waals surface area contributed by atoms with E-state index in [1.807, 2.05) is 12.1 Å². The van der Waals surface area contributed by atoms with Gasteiger partial charge in [-0.25, -0.2) is 0 Å². The molecule has 1 N–H and O–H groups in total. The van der Waals surface area contributed by atoms with Gasteiger partial charge in [0.25, 0.3) is 0 Å². The van der Waals surface area contributed by atoms with Crippen LogP contribution in [0.2, 0.25) is 0 Å². The van der Waals surface area contributed by atoms with Crippen LogP contribution in [0.25, 0.3) is 0 Å². The highest BCUT2D eigenvalue weighted by Gasteiger charge is 2.32. The Balaban J connectivity index is 2.02. The van der Waals surface area contributed by atoms with Crippen molar-refractivity contribution in [2.75, 3.05) is 23.9 Å². The van der Waals surface area contributed by atoms with E-state index >= 15 is 0 Å². The minimum absolute atomic E-state index is 0.0214. The Bertz CT molecular complexity index is 765. The number of aryl methyl sites for hydroxylation is 1. The molecule has 0 spiro atoms. The third kappa shape index (κ3) is 2.90. The molecule has 0 fully saturated rings. The summed E-state index contributed by atoms with van der Waals surface area (Å²) < 4.78 is 5.64. The van der Waals surface area contributed by atoms with Crippen LogP contribution in [0.4, 0.5) is 11.4 Å². The Morgan fingerprint density at radius 2 is 1.92 bits per heavy atom. The molecule has 124 valence electrons. The van der Waals surface area contributed by atoms with Crippen molar-refractivity contribution in [2.45, 2.75) is 19.9 Å². The molecule has 1 aliphatic rings. The lowest BCUT2D eigenvalue weighted by molar-refractivity contribution is 0.270. The summed E-state index contributed by atoms with van der Waals surface area (Å²) in [7, 11) is 1.72. The van der Waals surface area contributed by atoms with E-state index in [1.54, 1.807) is 7.11 Å². The van der Waals surface area contributed by atoms with Gasteiger partial charge >= 0.3 is 0 Å². The third-order valence-electron chi connectivity index (χ3n) is 4.35. The lowest BCUT2D eigenvalue weighted by atomic mass is 10.0. The SMILES string of the molecule is C=C1C=C(OC)C(c2ccccc2)N1c1ccc(NCC)c(C)c1. The number of hydrogen-bond donors (Lipinski definition) is 1. The van der Waals surface area contributed by atoms with Crippen LogP contribution >= 0.6 is 0 Å². The lowest BCUT2D eigenvalue weighted by Crippen LogP contribution is -2.24. The Kier molecular flexibility index (Phi) is 4.61. The molecule has 1 aliphatic heterocycles. The molecule has 0 radical (unpaired) electrons. The van der Waals surface area contributed by atoms with Crippen LogP contribution in [0.1, 0.15) is 24.1 Å². The van der Waals surface area contributed by atoms with E-state index in [2.05, 4.69) is 73.1 Å². The number of hydrogen-bond acceptors (Lipinski definition) is 3. The van der Waals surface area contributed by atoms with Gasteiger partial charge in [0.05, 0.1) is 7.11 Å². The molecule has 0 aromatic heterocycles. The molecule has 1 heterocycles. The zero-order valence-corrected chi connectivity index (χ0v) is 14.5. The summed E-state index contributed by atoms with van der Waals surface area (Å²) >= 11 is 0. The summed E-state index contributed by atoms with van der Waals surface area (Å²) in [5.74, 6) is 0.916. The van der Waals surface area contributed by atoms with Crippen molar-refractivity contribution in [3.05, 3.63) is 83.8 Å². The highest BCUT2D eigenvalue weighted by molar-refractivity contribution is 5.67. The van der Waals surface area contributed by atoms with Crippen LogP contribution < -0.4 is 10.2 Å². The molecule has 0 bridgehead atoms. The van der Waals surface area contributed by atoms with E-state index in [0.29, 0.717) is 0 Å². The molecule has 24 heavy (non-hydrogen) atoms. The fourth-order valence-electron chi connectivity index (χ4n) is 3.23. The van der Waals surface area contributed by atoms with Gasteiger partial charge < -0.3 is 15.0 Å². The molecule has 3 nitrogen and oxygen atoms in total. The summed E-state index contributed by atoms with van der Waals surface area (Å²) in [6.45, 7) is 9.38. The Morgan fingerprint density at radius 1 is 1.17 bits per heavy atom. The first-order valence-corrected chi connectivity index (χ1v) is 8.29. The Morgan fingerprint density at radius 3 is 2.54 bits per heavy atom. The van der Waals surface area contributed by atoms with E-state index in [4.69, 9.17) is 4.74 Å². The van der Waals surface area contributed by atoms with Crippen molar-refractivity contribution >= 4 is 11.4 Å². The topological polar surface area (TPSA) is 24.5 Å². The second-order valence-electron chi connectivity index (χ2n) is 5.95. The predicted molar refractivity (Wildman–Crippen MR) is 101 cm³/mol. The molecule has 3 heteroatoms. The van der Waals surface area contributed by atoms with Crippen molar-refractivity contribution in [3.8, 4) is 0 Å². The van der Waals surface area contributed by atoms with E-state index in [9.17, 15) is 0 Å². The second-order valence-corrected chi connectivity index (χ2v) is 5.95. The highest BCUT2D eigenvalue weighted by Crippen LogP contribution is 2.42. The molecule has 3 rings (SSSR count). The number of anilines is 2. The van der Waals surface area contributed by atoms with Gasteiger partial charge in [0, 0.05) is 29.7 Å².